The van der Waals surface area contributed by atoms with Crippen molar-refractivity contribution in [3.8, 4) is 17.6 Å². The average molecular weight is 249 g/mol. The molecule has 0 aromatic heterocycles. The molecule has 3 heteroatoms. The molecular weight excluding hydrogens is 229 g/mol. The lowest BCUT2D eigenvalue weighted by atomic mass is 10.2. The van der Waals surface area contributed by atoms with E-state index >= 15 is 0 Å². The Labute approximate surface area is 109 Å². The minimum Gasteiger partial charge on any atom is -0.481 e. The zero-order valence-corrected chi connectivity index (χ0v) is 11.2. The predicted molar refractivity (Wildman–Crippen MR) is 71.9 cm³/mol. The van der Waals surface area contributed by atoms with E-state index in [9.17, 15) is 4.39 Å². The van der Waals surface area contributed by atoms with Crippen molar-refractivity contribution < 1.29 is 9.13 Å². The third kappa shape index (κ3) is 5.70. The Balaban J connectivity index is 2.58. The van der Waals surface area contributed by atoms with E-state index in [1.54, 1.807) is 6.92 Å². The van der Waals surface area contributed by atoms with Crippen LogP contribution in [0.25, 0.3) is 0 Å². The van der Waals surface area contributed by atoms with E-state index in [0.29, 0.717) is 24.8 Å². The van der Waals surface area contributed by atoms with Crippen LogP contribution in [0.5, 0.6) is 5.75 Å². The van der Waals surface area contributed by atoms with Crippen LogP contribution in [0.4, 0.5) is 4.39 Å². The topological polar surface area (TPSA) is 21.3 Å². The van der Waals surface area contributed by atoms with Gasteiger partial charge in [-0.25, -0.2) is 4.39 Å². The summed E-state index contributed by atoms with van der Waals surface area (Å²) in [5.41, 5.74) is 0.884. The van der Waals surface area contributed by atoms with E-state index in [-0.39, 0.29) is 5.82 Å². The van der Waals surface area contributed by atoms with Crippen LogP contribution in [-0.2, 0) is 6.54 Å². The number of hydrogen-bond donors (Lipinski definition) is 1. The molecule has 2 nitrogen and oxygen atoms in total. The van der Waals surface area contributed by atoms with Crippen molar-refractivity contribution in [2.24, 2.45) is 5.92 Å². The monoisotopic (exact) mass is 249 g/mol. The summed E-state index contributed by atoms with van der Waals surface area (Å²) in [5, 5.41) is 3.27. The van der Waals surface area contributed by atoms with Gasteiger partial charge in [0, 0.05) is 12.6 Å². The third-order valence-electron chi connectivity index (χ3n) is 2.30. The van der Waals surface area contributed by atoms with Crippen molar-refractivity contribution in [2.45, 2.75) is 27.3 Å². The van der Waals surface area contributed by atoms with E-state index in [2.05, 4.69) is 31.0 Å². The van der Waals surface area contributed by atoms with Gasteiger partial charge in [-0.05, 0) is 37.1 Å². The highest BCUT2D eigenvalue weighted by Crippen LogP contribution is 2.16. The highest BCUT2D eigenvalue weighted by atomic mass is 19.1. The fraction of sp³-hybridized carbons (Fsp3) is 0.467. The molecule has 0 bridgehead atoms. The van der Waals surface area contributed by atoms with Gasteiger partial charge in [0.1, 0.15) is 18.2 Å². The van der Waals surface area contributed by atoms with E-state index in [1.165, 1.54) is 12.1 Å². The van der Waals surface area contributed by atoms with Crippen molar-refractivity contribution in [1.29, 1.82) is 0 Å². The van der Waals surface area contributed by atoms with Gasteiger partial charge in [-0.1, -0.05) is 19.8 Å². The predicted octanol–water partition coefficient (Wildman–Crippen LogP) is 2.97. The molecule has 18 heavy (non-hydrogen) atoms. The van der Waals surface area contributed by atoms with Crippen LogP contribution in [0.2, 0.25) is 0 Å². The number of halogens is 1. The summed E-state index contributed by atoms with van der Waals surface area (Å²) >= 11 is 0. The first-order valence-corrected chi connectivity index (χ1v) is 6.14. The molecule has 0 aliphatic carbocycles. The van der Waals surface area contributed by atoms with Gasteiger partial charge in [-0.3, -0.25) is 0 Å². The standard InChI is InChI=1S/C15H20FNO/c1-4-5-6-18-15-8-13(7-14(16)9-15)11-17-10-12(2)3/h7-9,12,17H,6,10-11H2,1-3H3. The lowest BCUT2D eigenvalue weighted by Gasteiger charge is -2.09. The van der Waals surface area contributed by atoms with Gasteiger partial charge in [0.25, 0.3) is 0 Å². The van der Waals surface area contributed by atoms with Crippen LogP contribution in [-0.4, -0.2) is 13.2 Å². The van der Waals surface area contributed by atoms with Crippen LogP contribution in [0.1, 0.15) is 26.3 Å². The second-order valence-corrected chi connectivity index (χ2v) is 4.54. The van der Waals surface area contributed by atoms with Crippen molar-refractivity contribution in [3.63, 3.8) is 0 Å². The maximum absolute atomic E-state index is 13.4. The number of hydrogen-bond acceptors (Lipinski definition) is 2. The van der Waals surface area contributed by atoms with Gasteiger partial charge < -0.3 is 10.1 Å². The minimum atomic E-state index is -0.279. The van der Waals surface area contributed by atoms with Crippen molar-refractivity contribution in [2.75, 3.05) is 13.2 Å². The van der Waals surface area contributed by atoms with Crippen LogP contribution in [0.3, 0.4) is 0 Å². The van der Waals surface area contributed by atoms with Gasteiger partial charge in [-0.2, -0.15) is 0 Å². The molecule has 1 rings (SSSR count). The van der Waals surface area contributed by atoms with Gasteiger partial charge in [0.05, 0.1) is 0 Å². The molecule has 1 aromatic carbocycles. The summed E-state index contributed by atoms with van der Waals surface area (Å²) in [6, 6.07) is 4.74. The maximum atomic E-state index is 13.4. The first-order chi connectivity index (χ1) is 8.61. The molecule has 0 unspecified atom stereocenters. The fourth-order valence-corrected chi connectivity index (χ4v) is 1.50. The summed E-state index contributed by atoms with van der Waals surface area (Å²) in [6.07, 6.45) is 0. The molecule has 0 fully saturated rings. The molecule has 0 spiro atoms. The van der Waals surface area contributed by atoms with Gasteiger partial charge in [-0.15, -0.1) is 5.92 Å². The normalized spacial score (nSPS) is 10.1. The third-order valence-corrected chi connectivity index (χ3v) is 2.30. The molecule has 0 saturated heterocycles. The highest BCUT2D eigenvalue weighted by Gasteiger charge is 2.02. The molecule has 0 heterocycles. The van der Waals surface area contributed by atoms with Gasteiger partial charge in [0.2, 0.25) is 0 Å². The second kappa shape index (κ2) is 7.73. The lowest BCUT2D eigenvalue weighted by Crippen LogP contribution is -2.19. The Bertz CT molecular complexity index is 432. The SMILES string of the molecule is CC#CCOc1cc(F)cc(CNCC(C)C)c1. The minimum absolute atomic E-state index is 0.279. The average Bonchev–Trinajstić information content (AvgIpc) is 2.28. The Morgan fingerprint density at radius 2 is 2.11 bits per heavy atom. The van der Waals surface area contributed by atoms with Crippen molar-refractivity contribution >= 4 is 0 Å². The maximum Gasteiger partial charge on any atom is 0.149 e. The summed E-state index contributed by atoms with van der Waals surface area (Å²) in [6.45, 7) is 7.86. The van der Waals surface area contributed by atoms with Crippen LogP contribution in [0, 0.1) is 23.6 Å². The van der Waals surface area contributed by atoms with E-state index < -0.39 is 0 Å². The number of rotatable bonds is 6. The molecule has 0 amide bonds. The quantitative estimate of drug-likeness (QED) is 0.783. The molecule has 1 aromatic rings. The van der Waals surface area contributed by atoms with Crippen LogP contribution < -0.4 is 10.1 Å². The molecule has 0 aliphatic rings. The molecule has 0 aliphatic heterocycles. The smallest absolute Gasteiger partial charge is 0.149 e. The zero-order valence-electron chi connectivity index (χ0n) is 11.2. The largest absolute Gasteiger partial charge is 0.481 e. The molecule has 0 radical (unpaired) electrons. The highest BCUT2D eigenvalue weighted by molar-refractivity contribution is 5.30. The Morgan fingerprint density at radius 1 is 1.33 bits per heavy atom. The Kier molecular flexibility index (Phi) is 6.24. The zero-order chi connectivity index (χ0) is 13.4. The number of ether oxygens (including phenoxy) is 1. The second-order valence-electron chi connectivity index (χ2n) is 4.54. The molecule has 0 saturated carbocycles. The molecule has 1 N–H and O–H groups in total. The summed E-state index contributed by atoms with van der Waals surface area (Å²) < 4.78 is 18.7. The Morgan fingerprint density at radius 3 is 2.78 bits per heavy atom. The first kappa shape index (κ1) is 14.5. The van der Waals surface area contributed by atoms with E-state index in [1.807, 2.05) is 6.07 Å². The van der Waals surface area contributed by atoms with Gasteiger partial charge in [0.15, 0.2) is 0 Å². The fourth-order valence-electron chi connectivity index (χ4n) is 1.50. The summed E-state index contributed by atoms with van der Waals surface area (Å²) in [7, 11) is 0. The van der Waals surface area contributed by atoms with E-state index in [4.69, 9.17) is 4.74 Å². The molecule has 0 atom stereocenters. The van der Waals surface area contributed by atoms with Gasteiger partial charge >= 0.3 is 0 Å². The Hall–Kier alpha value is -1.53. The first-order valence-electron chi connectivity index (χ1n) is 6.14. The summed E-state index contributed by atoms with van der Waals surface area (Å²) in [5.74, 6) is 6.34. The number of nitrogens with one attached hydrogen (secondary N) is 1. The van der Waals surface area contributed by atoms with Crippen molar-refractivity contribution in [3.05, 3.63) is 29.6 Å². The molecular formula is C15H20FNO. The summed E-state index contributed by atoms with van der Waals surface area (Å²) in [4.78, 5) is 0. The van der Waals surface area contributed by atoms with Crippen LogP contribution in [0.15, 0.2) is 18.2 Å². The van der Waals surface area contributed by atoms with E-state index in [0.717, 1.165) is 12.1 Å². The van der Waals surface area contributed by atoms with Crippen molar-refractivity contribution in [1.82, 2.24) is 5.32 Å². The van der Waals surface area contributed by atoms with Crippen LogP contribution >= 0.6 is 0 Å². The lowest BCUT2D eigenvalue weighted by molar-refractivity contribution is 0.367. The number of benzene rings is 1. The molecule has 98 valence electrons.